The van der Waals surface area contributed by atoms with Crippen LogP contribution in [-0.2, 0) is 16.1 Å². The Bertz CT molecular complexity index is 529. The first-order valence-corrected chi connectivity index (χ1v) is 6.98. The topological polar surface area (TPSA) is 76.1 Å². The third-order valence-electron chi connectivity index (χ3n) is 3.33. The molecule has 1 aromatic carbocycles. The van der Waals surface area contributed by atoms with Crippen molar-refractivity contribution >= 4 is 11.9 Å². The van der Waals surface area contributed by atoms with Crippen LogP contribution in [0.5, 0.6) is 11.5 Å². The first kappa shape index (κ1) is 15.2. The maximum absolute atomic E-state index is 12.1. The summed E-state index contributed by atoms with van der Waals surface area (Å²) in [5, 5.41) is 8.60. The van der Waals surface area contributed by atoms with E-state index in [1.807, 2.05) is 25.1 Å². The molecule has 0 radical (unpaired) electrons. The molecule has 1 aliphatic heterocycles. The molecule has 1 heterocycles. The molecule has 0 unspecified atom stereocenters. The molecular weight excluding hydrogens is 274 g/mol. The van der Waals surface area contributed by atoms with E-state index in [0.29, 0.717) is 25.3 Å². The van der Waals surface area contributed by atoms with E-state index in [2.05, 4.69) is 0 Å². The number of carboxylic acids is 1. The fourth-order valence-corrected chi connectivity index (χ4v) is 2.18. The van der Waals surface area contributed by atoms with Gasteiger partial charge in [0.2, 0.25) is 12.7 Å². The minimum atomic E-state index is -0.874. The second kappa shape index (κ2) is 6.97. The van der Waals surface area contributed by atoms with Crippen LogP contribution in [0.3, 0.4) is 0 Å². The van der Waals surface area contributed by atoms with Crippen LogP contribution in [0.25, 0.3) is 0 Å². The zero-order valence-corrected chi connectivity index (χ0v) is 12.0. The Labute approximate surface area is 123 Å². The zero-order chi connectivity index (χ0) is 15.2. The smallest absolute Gasteiger partial charge is 0.303 e. The number of hydrogen-bond acceptors (Lipinski definition) is 4. The average molecular weight is 293 g/mol. The molecular formula is C15H19NO5. The SMILES string of the molecule is CCN(Cc1ccc2c(c1)OCO2)C(=O)CCCC(=O)O. The van der Waals surface area contributed by atoms with E-state index in [0.717, 1.165) is 11.3 Å². The lowest BCUT2D eigenvalue weighted by atomic mass is 10.1. The number of nitrogens with zero attached hydrogens (tertiary/aromatic N) is 1. The largest absolute Gasteiger partial charge is 0.481 e. The standard InChI is InChI=1S/C15H19NO5/c1-2-16(14(17)4-3-5-15(18)19)9-11-6-7-12-13(8-11)21-10-20-12/h6-8H,2-5,9-10H2,1H3,(H,18,19). The maximum Gasteiger partial charge on any atom is 0.303 e. The van der Waals surface area contributed by atoms with Crippen molar-refractivity contribution in [1.29, 1.82) is 0 Å². The Morgan fingerprint density at radius 3 is 2.71 bits per heavy atom. The molecule has 21 heavy (non-hydrogen) atoms. The number of aliphatic carboxylic acids is 1. The predicted molar refractivity (Wildman–Crippen MR) is 75.1 cm³/mol. The van der Waals surface area contributed by atoms with Crippen molar-refractivity contribution in [2.24, 2.45) is 0 Å². The molecule has 0 aromatic heterocycles. The molecule has 0 spiro atoms. The number of benzene rings is 1. The van der Waals surface area contributed by atoms with Crippen molar-refractivity contribution in [1.82, 2.24) is 4.90 Å². The lowest BCUT2D eigenvalue weighted by Crippen LogP contribution is -2.30. The number of fused-ring (bicyclic) bond motifs is 1. The molecule has 0 bridgehead atoms. The summed E-state index contributed by atoms with van der Waals surface area (Å²) < 4.78 is 10.6. The van der Waals surface area contributed by atoms with Crippen molar-refractivity contribution in [3.8, 4) is 11.5 Å². The number of hydrogen-bond donors (Lipinski definition) is 1. The van der Waals surface area contributed by atoms with Gasteiger partial charge >= 0.3 is 5.97 Å². The molecule has 0 atom stereocenters. The third kappa shape index (κ3) is 4.11. The van der Waals surface area contributed by atoms with Gasteiger partial charge < -0.3 is 19.5 Å². The molecule has 0 saturated heterocycles. The van der Waals surface area contributed by atoms with Gasteiger partial charge in [-0.05, 0) is 31.0 Å². The van der Waals surface area contributed by atoms with Crippen molar-refractivity contribution in [3.63, 3.8) is 0 Å². The van der Waals surface area contributed by atoms with E-state index < -0.39 is 5.97 Å². The van der Waals surface area contributed by atoms with Gasteiger partial charge in [-0.25, -0.2) is 0 Å². The van der Waals surface area contributed by atoms with E-state index in [-0.39, 0.29) is 25.5 Å². The summed E-state index contributed by atoms with van der Waals surface area (Å²) in [5.74, 6) is 0.509. The number of carbonyl (C=O) groups excluding carboxylic acids is 1. The number of amides is 1. The van der Waals surface area contributed by atoms with Gasteiger partial charge in [0.05, 0.1) is 0 Å². The van der Waals surface area contributed by atoms with Gasteiger partial charge in [-0.2, -0.15) is 0 Å². The highest BCUT2D eigenvalue weighted by molar-refractivity contribution is 5.77. The first-order chi connectivity index (χ1) is 10.1. The summed E-state index contributed by atoms with van der Waals surface area (Å²) in [6, 6.07) is 5.61. The normalized spacial score (nSPS) is 12.2. The van der Waals surface area contributed by atoms with E-state index in [9.17, 15) is 9.59 Å². The Balaban J connectivity index is 1.92. The van der Waals surface area contributed by atoms with Gasteiger partial charge in [0.25, 0.3) is 0 Å². The highest BCUT2D eigenvalue weighted by atomic mass is 16.7. The number of carboxylic acid groups (broad SMARTS) is 1. The molecule has 6 nitrogen and oxygen atoms in total. The Kier molecular flexibility index (Phi) is 5.03. The van der Waals surface area contributed by atoms with Crippen molar-refractivity contribution in [3.05, 3.63) is 23.8 Å². The lowest BCUT2D eigenvalue weighted by Gasteiger charge is -2.21. The highest BCUT2D eigenvalue weighted by Crippen LogP contribution is 2.32. The quantitative estimate of drug-likeness (QED) is 0.832. The Morgan fingerprint density at radius 2 is 2.00 bits per heavy atom. The van der Waals surface area contributed by atoms with E-state index in [1.54, 1.807) is 4.90 Å². The molecule has 1 N–H and O–H groups in total. The average Bonchev–Trinajstić information content (AvgIpc) is 2.91. The molecule has 0 aliphatic carbocycles. The van der Waals surface area contributed by atoms with Crippen LogP contribution in [0.1, 0.15) is 31.7 Å². The second-order valence-electron chi connectivity index (χ2n) is 4.84. The second-order valence-corrected chi connectivity index (χ2v) is 4.84. The first-order valence-electron chi connectivity index (χ1n) is 6.98. The summed E-state index contributed by atoms with van der Waals surface area (Å²) >= 11 is 0. The molecule has 114 valence electrons. The fraction of sp³-hybridized carbons (Fsp3) is 0.467. The molecule has 0 fully saturated rings. The van der Waals surface area contributed by atoms with Gasteiger partial charge in [0.1, 0.15) is 0 Å². The van der Waals surface area contributed by atoms with Crippen molar-refractivity contribution in [2.45, 2.75) is 32.7 Å². The summed E-state index contributed by atoms with van der Waals surface area (Å²) in [6.07, 6.45) is 0.643. The van der Waals surface area contributed by atoms with Crippen LogP contribution < -0.4 is 9.47 Å². The summed E-state index contributed by atoms with van der Waals surface area (Å²) in [6.45, 7) is 3.20. The molecule has 2 rings (SSSR count). The van der Waals surface area contributed by atoms with E-state index in [4.69, 9.17) is 14.6 Å². The van der Waals surface area contributed by atoms with E-state index in [1.165, 1.54) is 0 Å². The van der Waals surface area contributed by atoms with Gasteiger partial charge in [0.15, 0.2) is 11.5 Å². The monoisotopic (exact) mass is 293 g/mol. The van der Waals surface area contributed by atoms with Crippen molar-refractivity contribution in [2.75, 3.05) is 13.3 Å². The molecule has 1 aliphatic rings. The van der Waals surface area contributed by atoms with Crippen LogP contribution in [0.15, 0.2) is 18.2 Å². The van der Waals surface area contributed by atoms with Gasteiger partial charge in [0, 0.05) is 25.9 Å². The van der Waals surface area contributed by atoms with Gasteiger partial charge in [-0.3, -0.25) is 9.59 Å². The predicted octanol–water partition coefficient (Wildman–Crippen LogP) is 2.02. The van der Waals surface area contributed by atoms with Crippen LogP contribution >= 0.6 is 0 Å². The molecule has 0 saturated carbocycles. The Hall–Kier alpha value is -2.24. The Morgan fingerprint density at radius 1 is 1.24 bits per heavy atom. The summed E-state index contributed by atoms with van der Waals surface area (Å²) in [7, 11) is 0. The van der Waals surface area contributed by atoms with Gasteiger partial charge in [-0.1, -0.05) is 6.07 Å². The van der Waals surface area contributed by atoms with Crippen LogP contribution in [0.4, 0.5) is 0 Å². The fourth-order valence-electron chi connectivity index (χ4n) is 2.18. The molecule has 1 amide bonds. The summed E-state index contributed by atoms with van der Waals surface area (Å²) in [4.78, 5) is 24.2. The number of carbonyl (C=O) groups is 2. The minimum absolute atomic E-state index is 0.0211. The maximum atomic E-state index is 12.1. The lowest BCUT2D eigenvalue weighted by molar-refractivity contribution is -0.137. The van der Waals surface area contributed by atoms with Crippen LogP contribution in [0, 0.1) is 0 Å². The van der Waals surface area contributed by atoms with Gasteiger partial charge in [-0.15, -0.1) is 0 Å². The van der Waals surface area contributed by atoms with Crippen LogP contribution in [-0.4, -0.2) is 35.2 Å². The van der Waals surface area contributed by atoms with Crippen molar-refractivity contribution < 1.29 is 24.2 Å². The summed E-state index contributed by atoms with van der Waals surface area (Å²) in [5.41, 5.74) is 0.965. The molecule has 1 aromatic rings. The minimum Gasteiger partial charge on any atom is -0.481 e. The van der Waals surface area contributed by atoms with Crippen LogP contribution in [0.2, 0.25) is 0 Å². The molecule has 6 heteroatoms. The third-order valence-corrected chi connectivity index (χ3v) is 3.33. The number of ether oxygens (including phenoxy) is 2. The number of rotatable bonds is 7. The zero-order valence-electron chi connectivity index (χ0n) is 12.0. The highest BCUT2D eigenvalue weighted by Gasteiger charge is 2.16. The van der Waals surface area contributed by atoms with E-state index >= 15 is 0 Å².